The van der Waals surface area contributed by atoms with Crippen LogP contribution in [-0.2, 0) is 25.7 Å². The van der Waals surface area contributed by atoms with E-state index < -0.39 is 11.9 Å². The molecule has 0 bridgehead atoms. The van der Waals surface area contributed by atoms with E-state index >= 15 is 0 Å². The predicted molar refractivity (Wildman–Crippen MR) is 130 cm³/mol. The maximum absolute atomic E-state index is 12.9. The summed E-state index contributed by atoms with van der Waals surface area (Å²) >= 11 is 7.18. The number of halogens is 2. The number of allylic oxidation sites excluding steroid dienone is 2. The molecular weight excluding hydrogens is 554 g/mol. The number of hydrogen-bond donors (Lipinski definition) is 1. The molecule has 2 N–H and O–H groups in total. The topological polar surface area (TPSA) is 87.9 Å². The van der Waals surface area contributed by atoms with E-state index in [1.807, 2.05) is 43.3 Å². The number of aryl methyl sites for hydroxylation is 1. The highest BCUT2D eigenvalue weighted by atomic mass is 79.9. The maximum Gasteiger partial charge on any atom is 0.340 e. The van der Waals surface area contributed by atoms with E-state index in [2.05, 4.69) is 31.9 Å². The fraction of sp³-hybridized carbons (Fsp3) is 0.280. The first-order valence-electron chi connectivity index (χ1n) is 10.5. The molecule has 0 spiro atoms. The number of carbonyl (C=O) groups is 2. The highest BCUT2D eigenvalue weighted by Gasteiger charge is 2.41. The van der Waals surface area contributed by atoms with Crippen LogP contribution in [0, 0.1) is 6.92 Å². The van der Waals surface area contributed by atoms with E-state index in [0.29, 0.717) is 57.5 Å². The zero-order valence-electron chi connectivity index (χ0n) is 18.2. The molecule has 6 nitrogen and oxygen atoms in total. The summed E-state index contributed by atoms with van der Waals surface area (Å²) < 4.78 is 18.1. The Labute approximate surface area is 209 Å². The number of esters is 1. The van der Waals surface area contributed by atoms with Gasteiger partial charge in [-0.05, 0) is 68.5 Å². The van der Waals surface area contributed by atoms with Gasteiger partial charge in [-0.2, -0.15) is 0 Å². The highest BCUT2D eigenvalue weighted by Crippen LogP contribution is 2.46. The Bertz CT molecular complexity index is 1160. The fourth-order valence-corrected chi connectivity index (χ4v) is 5.57. The Balaban J connectivity index is 1.73. The Morgan fingerprint density at radius 1 is 1.15 bits per heavy atom. The van der Waals surface area contributed by atoms with Gasteiger partial charge in [0.15, 0.2) is 5.78 Å². The van der Waals surface area contributed by atoms with Crippen LogP contribution in [0.2, 0.25) is 0 Å². The van der Waals surface area contributed by atoms with E-state index in [0.717, 1.165) is 5.56 Å². The SMILES string of the molecule is COC(=O)C1=C(N)OC2=C(C(=O)CCC2)[C@H]1c1cc(Br)c(OCc2ccc(C)cc2)c(Br)c1. The minimum atomic E-state index is -0.687. The third-order valence-corrected chi connectivity index (χ3v) is 6.93. The maximum atomic E-state index is 12.9. The summed E-state index contributed by atoms with van der Waals surface area (Å²) in [6.07, 6.45) is 1.67. The monoisotopic (exact) mass is 575 g/mol. The standard InChI is InChI=1S/C25H23Br2NO5/c1-13-6-8-14(9-7-13)12-32-23-16(26)10-15(11-17(23)27)20-21-18(29)4-3-5-19(21)33-24(28)22(20)25(30)31-2/h6-11,20H,3-5,12,28H2,1-2H3/t20-/m1/s1. The van der Waals surface area contributed by atoms with Crippen molar-refractivity contribution < 1.29 is 23.8 Å². The van der Waals surface area contributed by atoms with Crippen molar-refractivity contribution in [3.05, 3.63) is 84.8 Å². The van der Waals surface area contributed by atoms with Crippen LogP contribution in [0.4, 0.5) is 0 Å². The van der Waals surface area contributed by atoms with E-state index in [4.69, 9.17) is 19.9 Å². The molecule has 0 amide bonds. The number of ether oxygens (including phenoxy) is 3. The smallest absolute Gasteiger partial charge is 0.340 e. The molecule has 33 heavy (non-hydrogen) atoms. The molecule has 0 saturated heterocycles. The normalized spacial score (nSPS) is 18.1. The molecule has 1 atom stereocenters. The Morgan fingerprint density at radius 3 is 2.45 bits per heavy atom. The van der Waals surface area contributed by atoms with E-state index in [1.54, 1.807) is 0 Å². The second-order valence-electron chi connectivity index (χ2n) is 8.01. The first kappa shape index (κ1) is 23.6. The quantitative estimate of drug-likeness (QED) is 0.469. The van der Waals surface area contributed by atoms with Gasteiger partial charge in [0.2, 0.25) is 5.88 Å². The number of Topliss-reactive ketones (excluding diaryl/α,β-unsaturated/α-hetero) is 1. The zero-order valence-corrected chi connectivity index (χ0v) is 21.4. The van der Waals surface area contributed by atoms with Crippen molar-refractivity contribution in [3.63, 3.8) is 0 Å². The Kier molecular flexibility index (Phi) is 6.95. The summed E-state index contributed by atoms with van der Waals surface area (Å²) in [6.45, 7) is 2.43. The van der Waals surface area contributed by atoms with Crippen LogP contribution in [0.15, 0.2) is 68.1 Å². The van der Waals surface area contributed by atoms with E-state index in [1.165, 1.54) is 12.7 Å². The second-order valence-corrected chi connectivity index (χ2v) is 9.71. The first-order chi connectivity index (χ1) is 15.8. The molecule has 4 rings (SSSR count). The van der Waals surface area contributed by atoms with E-state index in [-0.39, 0.29) is 17.2 Å². The molecule has 1 aliphatic heterocycles. The van der Waals surface area contributed by atoms with Gasteiger partial charge in [0.05, 0.1) is 22.0 Å². The lowest BCUT2D eigenvalue weighted by atomic mass is 9.77. The van der Waals surface area contributed by atoms with Crippen molar-refractivity contribution in [1.82, 2.24) is 0 Å². The van der Waals surface area contributed by atoms with Crippen LogP contribution in [0.25, 0.3) is 0 Å². The minimum absolute atomic E-state index is 0.0350. The molecule has 0 aromatic heterocycles. The van der Waals surface area contributed by atoms with Crippen molar-refractivity contribution in [2.75, 3.05) is 7.11 Å². The summed E-state index contributed by atoms with van der Waals surface area (Å²) in [5.74, 6) is -0.267. The largest absolute Gasteiger partial charge is 0.487 e. The van der Waals surface area contributed by atoms with Crippen molar-refractivity contribution in [1.29, 1.82) is 0 Å². The Morgan fingerprint density at radius 2 is 1.82 bits per heavy atom. The average Bonchev–Trinajstić information content (AvgIpc) is 2.78. The van der Waals surface area contributed by atoms with Gasteiger partial charge in [-0.3, -0.25) is 4.79 Å². The average molecular weight is 577 g/mol. The van der Waals surface area contributed by atoms with Gasteiger partial charge in [-0.1, -0.05) is 29.8 Å². The van der Waals surface area contributed by atoms with Crippen molar-refractivity contribution >= 4 is 43.6 Å². The molecule has 0 saturated carbocycles. The van der Waals surface area contributed by atoms with Crippen LogP contribution >= 0.6 is 31.9 Å². The highest BCUT2D eigenvalue weighted by molar-refractivity contribution is 9.11. The van der Waals surface area contributed by atoms with Gasteiger partial charge in [0.1, 0.15) is 23.7 Å². The first-order valence-corrected chi connectivity index (χ1v) is 12.1. The lowest BCUT2D eigenvalue weighted by Crippen LogP contribution is -2.31. The van der Waals surface area contributed by atoms with Gasteiger partial charge < -0.3 is 19.9 Å². The van der Waals surface area contributed by atoms with Gasteiger partial charge >= 0.3 is 5.97 Å². The molecule has 2 aliphatic rings. The van der Waals surface area contributed by atoms with Crippen molar-refractivity contribution in [2.45, 2.75) is 38.7 Å². The number of carbonyl (C=O) groups excluding carboxylic acids is 2. The third-order valence-electron chi connectivity index (χ3n) is 5.75. The van der Waals surface area contributed by atoms with Gasteiger partial charge in [0.25, 0.3) is 0 Å². The predicted octanol–water partition coefficient (Wildman–Crippen LogP) is 5.56. The van der Waals surface area contributed by atoms with Gasteiger partial charge in [-0.25, -0.2) is 4.79 Å². The molecule has 2 aromatic rings. The molecule has 1 heterocycles. The molecule has 0 unspecified atom stereocenters. The van der Waals surface area contributed by atoms with Gasteiger partial charge in [-0.15, -0.1) is 0 Å². The van der Waals surface area contributed by atoms with Crippen molar-refractivity contribution in [2.24, 2.45) is 5.73 Å². The lowest BCUT2D eigenvalue weighted by molar-refractivity contribution is -0.136. The van der Waals surface area contributed by atoms with E-state index in [9.17, 15) is 9.59 Å². The molecule has 172 valence electrons. The number of hydrogen-bond acceptors (Lipinski definition) is 6. The summed E-state index contributed by atoms with van der Waals surface area (Å²) in [7, 11) is 1.28. The number of nitrogens with two attached hydrogens (primary N) is 1. The lowest BCUT2D eigenvalue weighted by Gasteiger charge is -2.32. The third kappa shape index (κ3) is 4.73. The molecule has 0 fully saturated rings. The minimum Gasteiger partial charge on any atom is -0.487 e. The zero-order chi connectivity index (χ0) is 23.7. The van der Waals surface area contributed by atoms with Crippen LogP contribution < -0.4 is 10.5 Å². The molecule has 0 radical (unpaired) electrons. The number of benzene rings is 2. The van der Waals surface area contributed by atoms with Crippen LogP contribution in [-0.4, -0.2) is 18.9 Å². The Hall–Kier alpha value is -2.58. The summed E-state index contributed by atoms with van der Waals surface area (Å²) in [4.78, 5) is 25.5. The summed E-state index contributed by atoms with van der Waals surface area (Å²) in [5, 5.41) is 0. The van der Waals surface area contributed by atoms with Crippen molar-refractivity contribution in [3.8, 4) is 5.75 Å². The molecule has 2 aromatic carbocycles. The van der Waals surface area contributed by atoms with Crippen LogP contribution in [0.5, 0.6) is 5.75 Å². The summed E-state index contributed by atoms with van der Waals surface area (Å²) in [5.41, 5.74) is 9.63. The number of rotatable bonds is 5. The summed E-state index contributed by atoms with van der Waals surface area (Å²) in [6, 6.07) is 11.8. The van der Waals surface area contributed by atoms with Crippen LogP contribution in [0.1, 0.15) is 41.9 Å². The molecule has 8 heteroatoms. The van der Waals surface area contributed by atoms with Crippen LogP contribution in [0.3, 0.4) is 0 Å². The van der Waals surface area contributed by atoms with Gasteiger partial charge in [0, 0.05) is 18.4 Å². The number of ketones is 1. The number of methoxy groups -OCH3 is 1. The molecule has 1 aliphatic carbocycles. The molecular formula is C25H23Br2NO5. The fourth-order valence-electron chi connectivity index (χ4n) is 4.12. The second kappa shape index (κ2) is 9.73.